The maximum atomic E-state index is 6.37. The monoisotopic (exact) mass is 246 g/mol. The molecule has 3 heteroatoms. The van der Waals surface area contributed by atoms with Gasteiger partial charge in [-0.3, -0.25) is 0 Å². The molecular formula is C14H18N2S. The van der Waals surface area contributed by atoms with E-state index in [1.165, 1.54) is 33.5 Å². The Morgan fingerprint density at radius 2 is 2.12 bits per heavy atom. The molecule has 0 radical (unpaired) electrons. The van der Waals surface area contributed by atoms with Gasteiger partial charge in [0.2, 0.25) is 0 Å². The maximum absolute atomic E-state index is 6.37. The number of hydrogen-bond acceptors (Lipinski definition) is 3. The van der Waals surface area contributed by atoms with Gasteiger partial charge in [-0.25, -0.2) is 4.98 Å². The number of nitrogens with zero attached hydrogens (tertiary/aromatic N) is 1. The summed E-state index contributed by atoms with van der Waals surface area (Å²) in [5, 5.41) is 1.21. The molecule has 2 aromatic heterocycles. The zero-order chi connectivity index (χ0) is 12.2. The highest BCUT2D eigenvalue weighted by atomic mass is 32.1. The molecule has 2 N–H and O–H groups in total. The lowest BCUT2D eigenvalue weighted by atomic mass is 9.86. The van der Waals surface area contributed by atoms with Gasteiger partial charge in [-0.15, -0.1) is 11.3 Å². The van der Waals surface area contributed by atoms with Crippen LogP contribution < -0.4 is 5.73 Å². The number of nitrogens with two attached hydrogens (primary N) is 1. The Hall–Kier alpha value is -1.09. The molecule has 1 unspecified atom stereocenters. The Kier molecular flexibility index (Phi) is 2.40. The third kappa shape index (κ3) is 1.56. The van der Waals surface area contributed by atoms with Gasteiger partial charge in [0.05, 0.1) is 0 Å². The van der Waals surface area contributed by atoms with Crippen LogP contribution in [-0.4, -0.2) is 4.98 Å². The van der Waals surface area contributed by atoms with Crippen LogP contribution >= 0.6 is 11.3 Å². The fourth-order valence-electron chi connectivity index (χ4n) is 2.77. The number of hydrogen-bond donors (Lipinski definition) is 1. The fourth-order valence-corrected chi connectivity index (χ4v) is 3.84. The van der Waals surface area contributed by atoms with Crippen LogP contribution in [0.2, 0.25) is 0 Å². The van der Waals surface area contributed by atoms with Crippen molar-refractivity contribution in [1.29, 1.82) is 0 Å². The molecule has 90 valence electrons. The van der Waals surface area contributed by atoms with Gasteiger partial charge < -0.3 is 5.73 Å². The SMILES string of the molecule is Cc1sc2nc3c(c(N)c2c1C)CCC(C)C3. The molecule has 2 nitrogen and oxygen atoms in total. The Bertz CT molecular complexity index is 598. The van der Waals surface area contributed by atoms with Gasteiger partial charge in [0.1, 0.15) is 4.83 Å². The second-order valence-corrected chi connectivity index (χ2v) is 6.47. The molecule has 3 rings (SSSR count). The summed E-state index contributed by atoms with van der Waals surface area (Å²) >= 11 is 1.78. The third-order valence-electron chi connectivity index (χ3n) is 3.97. The molecule has 0 bridgehead atoms. The average Bonchev–Trinajstić information content (AvgIpc) is 2.54. The van der Waals surface area contributed by atoms with E-state index < -0.39 is 0 Å². The Labute approximate surface area is 106 Å². The normalized spacial score (nSPS) is 19.6. The predicted molar refractivity (Wildman–Crippen MR) is 74.7 cm³/mol. The first-order chi connectivity index (χ1) is 8.08. The number of fused-ring (bicyclic) bond motifs is 2. The first-order valence-electron chi connectivity index (χ1n) is 6.25. The quantitative estimate of drug-likeness (QED) is 0.771. The molecule has 0 amide bonds. The lowest BCUT2D eigenvalue weighted by molar-refractivity contribution is 0.494. The van der Waals surface area contributed by atoms with E-state index in [-0.39, 0.29) is 0 Å². The van der Waals surface area contributed by atoms with E-state index in [0.29, 0.717) is 0 Å². The Morgan fingerprint density at radius 1 is 1.35 bits per heavy atom. The minimum Gasteiger partial charge on any atom is -0.398 e. The average molecular weight is 246 g/mol. The van der Waals surface area contributed by atoms with Crippen LogP contribution in [0.3, 0.4) is 0 Å². The largest absolute Gasteiger partial charge is 0.398 e. The second-order valence-electron chi connectivity index (χ2n) is 5.26. The van der Waals surface area contributed by atoms with Crippen molar-refractivity contribution in [1.82, 2.24) is 4.98 Å². The van der Waals surface area contributed by atoms with Crippen LogP contribution in [0, 0.1) is 19.8 Å². The Morgan fingerprint density at radius 3 is 2.88 bits per heavy atom. The molecule has 0 saturated heterocycles. The molecule has 2 aromatic rings. The van der Waals surface area contributed by atoms with Crippen molar-refractivity contribution in [3.05, 3.63) is 21.7 Å². The lowest BCUT2D eigenvalue weighted by Crippen LogP contribution is -2.15. The number of anilines is 1. The summed E-state index contributed by atoms with van der Waals surface area (Å²) in [4.78, 5) is 7.32. The maximum Gasteiger partial charge on any atom is 0.126 e. The van der Waals surface area contributed by atoms with Crippen molar-refractivity contribution in [3.8, 4) is 0 Å². The van der Waals surface area contributed by atoms with Gasteiger partial charge in [-0.1, -0.05) is 6.92 Å². The van der Waals surface area contributed by atoms with Crippen LogP contribution in [0.25, 0.3) is 10.2 Å². The molecule has 0 saturated carbocycles. The van der Waals surface area contributed by atoms with Crippen molar-refractivity contribution < 1.29 is 0 Å². The van der Waals surface area contributed by atoms with Gasteiger partial charge in [-0.2, -0.15) is 0 Å². The summed E-state index contributed by atoms with van der Waals surface area (Å²) in [7, 11) is 0. The number of pyridine rings is 1. The number of thiophene rings is 1. The predicted octanol–water partition coefficient (Wildman–Crippen LogP) is 3.62. The van der Waals surface area contributed by atoms with Crippen LogP contribution in [0.5, 0.6) is 0 Å². The zero-order valence-corrected chi connectivity index (χ0v) is 11.4. The van der Waals surface area contributed by atoms with Crippen LogP contribution in [0.15, 0.2) is 0 Å². The molecular weight excluding hydrogens is 228 g/mol. The van der Waals surface area contributed by atoms with E-state index in [9.17, 15) is 0 Å². The second kappa shape index (κ2) is 3.70. The van der Waals surface area contributed by atoms with Crippen LogP contribution in [0.4, 0.5) is 5.69 Å². The van der Waals surface area contributed by atoms with Gasteiger partial charge in [0.25, 0.3) is 0 Å². The van der Waals surface area contributed by atoms with Gasteiger partial charge in [0.15, 0.2) is 0 Å². The van der Waals surface area contributed by atoms with Gasteiger partial charge >= 0.3 is 0 Å². The zero-order valence-electron chi connectivity index (χ0n) is 10.6. The summed E-state index contributed by atoms with van der Waals surface area (Å²) in [5.41, 5.74) is 11.2. The van der Waals surface area contributed by atoms with Gasteiger partial charge in [0, 0.05) is 21.6 Å². The first kappa shape index (κ1) is 11.0. The highest BCUT2D eigenvalue weighted by Gasteiger charge is 2.22. The van der Waals surface area contributed by atoms with Gasteiger partial charge in [-0.05, 0) is 50.2 Å². The van der Waals surface area contributed by atoms with E-state index >= 15 is 0 Å². The summed E-state index contributed by atoms with van der Waals surface area (Å²) in [6, 6.07) is 0. The van der Waals surface area contributed by atoms with E-state index in [1.807, 2.05) is 0 Å². The molecule has 17 heavy (non-hydrogen) atoms. The molecule has 0 aromatic carbocycles. The van der Waals surface area contributed by atoms with Crippen molar-refractivity contribution in [2.24, 2.45) is 5.92 Å². The number of aromatic nitrogens is 1. The minimum absolute atomic E-state index is 0.744. The number of nitrogen functional groups attached to an aromatic ring is 1. The van der Waals surface area contributed by atoms with Crippen molar-refractivity contribution in [2.75, 3.05) is 5.73 Å². The highest BCUT2D eigenvalue weighted by molar-refractivity contribution is 7.18. The van der Waals surface area contributed by atoms with Crippen molar-refractivity contribution in [3.63, 3.8) is 0 Å². The Balaban J connectivity index is 2.32. The molecule has 1 atom stereocenters. The first-order valence-corrected chi connectivity index (χ1v) is 7.06. The van der Waals surface area contributed by atoms with E-state index in [1.54, 1.807) is 11.3 Å². The summed E-state index contributed by atoms with van der Waals surface area (Å²) in [6.07, 6.45) is 3.43. The smallest absolute Gasteiger partial charge is 0.126 e. The highest BCUT2D eigenvalue weighted by Crippen LogP contribution is 2.38. The lowest BCUT2D eigenvalue weighted by Gasteiger charge is -2.22. The van der Waals surface area contributed by atoms with E-state index in [2.05, 4.69) is 20.8 Å². The molecule has 0 fully saturated rings. The standard InChI is InChI=1S/C14H18N2S/c1-7-4-5-10-11(6-7)16-14-12(13(10)15)8(2)9(3)17-14/h7H,4-6H2,1-3H3,(H2,15,16). The van der Waals surface area contributed by atoms with Crippen LogP contribution in [0.1, 0.15) is 35.0 Å². The molecule has 2 heterocycles. The summed E-state index contributed by atoms with van der Waals surface area (Å²) in [6.45, 7) is 6.61. The van der Waals surface area contributed by atoms with Crippen molar-refractivity contribution in [2.45, 2.75) is 40.0 Å². The van der Waals surface area contributed by atoms with Crippen molar-refractivity contribution >= 4 is 27.2 Å². The molecule has 1 aliphatic rings. The molecule has 0 aliphatic heterocycles. The van der Waals surface area contributed by atoms with E-state index in [0.717, 1.165) is 29.3 Å². The summed E-state index contributed by atoms with van der Waals surface area (Å²) < 4.78 is 0. The molecule has 1 aliphatic carbocycles. The van der Waals surface area contributed by atoms with E-state index in [4.69, 9.17) is 10.7 Å². The number of aryl methyl sites for hydroxylation is 2. The minimum atomic E-state index is 0.744. The van der Waals surface area contributed by atoms with Crippen LogP contribution in [-0.2, 0) is 12.8 Å². The third-order valence-corrected chi connectivity index (χ3v) is 5.08. The number of rotatable bonds is 0. The molecule has 0 spiro atoms. The summed E-state index contributed by atoms with van der Waals surface area (Å²) in [5.74, 6) is 0.744. The topological polar surface area (TPSA) is 38.9 Å². The fraction of sp³-hybridized carbons (Fsp3) is 0.500.